The second kappa shape index (κ2) is 8.44. The molecule has 0 bridgehead atoms. The number of hydrogen-bond donors (Lipinski definition) is 1. The molecule has 4 rings (SSSR count). The molecule has 5 nitrogen and oxygen atoms in total. The summed E-state index contributed by atoms with van der Waals surface area (Å²) < 4.78 is 29.9. The van der Waals surface area contributed by atoms with E-state index in [1.54, 1.807) is 30.3 Å². The molecule has 1 saturated heterocycles. The highest BCUT2D eigenvalue weighted by Gasteiger charge is 2.39. The maximum absolute atomic E-state index is 11.7. The number of fused-ring (bicyclic) bond motifs is 1. The quantitative estimate of drug-likeness (QED) is 0.762. The Balaban J connectivity index is 1.67. The topological polar surface area (TPSA) is 58.6 Å². The fourth-order valence-corrected chi connectivity index (χ4v) is 5.41. The van der Waals surface area contributed by atoms with Crippen molar-refractivity contribution in [3.05, 3.63) is 57.6 Å². The first-order valence-electron chi connectivity index (χ1n) is 9.72. The van der Waals surface area contributed by atoms with Gasteiger partial charge in [0, 0.05) is 35.0 Å². The van der Waals surface area contributed by atoms with Crippen molar-refractivity contribution in [2.45, 2.75) is 29.9 Å². The van der Waals surface area contributed by atoms with Gasteiger partial charge in [-0.15, -0.1) is 0 Å². The fraction of sp³-hybridized carbons (Fsp3) is 0.429. The van der Waals surface area contributed by atoms with Crippen LogP contribution in [-0.4, -0.2) is 51.8 Å². The zero-order valence-corrected chi connectivity index (χ0v) is 18.5. The Morgan fingerprint density at radius 2 is 1.86 bits per heavy atom. The number of sulfone groups is 1. The van der Waals surface area contributed by atoms with E-state index in [0.29, 0.717) is 15.8 Å². The molecule has 29 heavy (non-hydrogen) atoms. The highest BCUT2D eigenvalue weighted by atomic mass is 35.5. The summed E-state index contributed by atoms with van der Waals surface area (Å²) in [5.74, 6) is 0.629. The van der Waals surface area contributed by atoms with E-state index < -0.39 is 9.84 Å². The molecule has 2 aromatic rings. The third-order valence-electron chi connectivity index (χ3n) is 5.62. The predicted octanol–water partition coefficient (Wildman–Crippen LogP) is 3.74. The number of halogens is 2. The molecule has 0 amide bonds. The van der Waals surface area contributed by atoms with Gasteiger partial charge in [0.15, 0.2) is 9.84 Å². The summed E-state index contributed by atoms with van der Waals surface area (Å²) in [6, 6.07) is 10.5. The summed E-state index contributed by atoms with van der Waals surface area (Å²) >= 11 is 12.8. The monoisotopic (exact) mass is 454 g/mol. The van der Waals surface area contributed by atoms with Crippen LogP contribution in [0.3, 0.4) is 0 Å². The van der Waals surface area contributed by atoms with Gasteiger partial charge in [-0.2, -0.15) is 0 Å². The molecule has 0 saturated carbocycles. The third kappa shape index (κ3) is 4.57. The molecule has 1 aliphatic heterocycles. The molecule has 1 aliphatic carbocycles. The van der Waals surface area contributed by atoms with Crippen molar-refractivity contribution in [3.63, 3.8) is 0 Å². The summed E-state index contributed by atoms with van der Waals surface area (Å²) in [5.41, 5.74) is 2.09. The van der Waals surface area contributed by atoms with Crippen LogP contribution in [0.2, 0.25) is 10.0 Å². The lowest BCUT2D eigenvalue weighted by Crippen LogP contribution is -2.42. The minimum atomic E-state index is -3.24. The molecule has 1 N–H and O–H groups in total. The number of rotatable bonds is 4. The maximum Gasteiger partial charge on any atom is 0.175 e. The zero-order valence-electron chi connectivity index (χ0n) is 16.2. The van der Waals surface area contributed by atoms with Crippen molar-refractivity contribution in [1.82, 2.24) is 10.2 Å². The largest absolute Gasteiger partial charge is 0.484 e. The standard InChI is InChI=1S/C21H24Cl2N2O3S/c1-29(26,27)16-5-3-15(4-6-16)28-21-18-11-14(22)12-19(23)17(18)13-20(21)25-9-2-7-24-8-10-25/h3-6,11-12,20-21,24H,2,7-10,13H2,1H3. The Morgan fingerprint density at radius 1 is 1.10 bits per heavy atom. The van der Waals surface area contributed by atoms with Crippen molar-refractivity contribution in [2.24, 2.45) is 0 Å². The van der Waals surface area contributed by atoms with Gasteiger partial charge in [0.25, 0.3) is 0 Å². The van der Waals surface area contributed by atoms with Crippen molar-refractivity contribution >= 4 is 33.0 Å². The average molecular weight is 455 g/mol. The first kappa shape index (κ1) is 20.9. The molecule has 156 valence electrons. The van der Waals surface area contributed by atoms with Gasteiger partial charge in [-0.3, -0.25) is 4.90 Å². The Kier molecular flexibility index (Phi) is 6.09. The molecule has 0 aromatic heterocycles. The van der Waals surface area contributed by atoms with Gasteiger partial charge in [0.2, 0.25) is 0 Å². The van der Waals surface area contributed by atoms with Crippen LogP contribution in [-0.2, 0) is 16.3 Å². The highest BCUT2D eigenvalue weighted by molar-refractivity contribution is 7.90. The molecule has 2 unspecified atom stereocenters. The van der Waals surface area contributed by atoms with E-state index in [2.05, 4.69) is 10.2 Å². The van der Waals surface area contributed by atoms with E-state index in [-0.39, 0.29) is 17.0 Å². The Bertz CT molecular complexity index is 988. The second-order valence-corrected chi connectivity index (χ2v) is 10.5. The van der Waals surface area contributed by atoms with Crippen LogP contribution >= 0.6 is 23.2 Å². The van der Waals surface area contributed by atoms with Crippen LogP contribution in [0.5, 0.6) is 5.75 Å². The number of nitrogens with one attached hydrogen (secondary N) is 1. The van der Waals surface area contributed by atoms with Crippen molar-refractivity contribution in [3.8, 4) is 5.75 Å². The van der Waals surface area contributed by atoms with Gasteiger partial charge in [0.1, 0.15) is 11.9 Å². The SMILES string of the molecule is CS(=O)(=O)c1ccc(OC2c3cc(Cl)cc(Cl)c3CC2N2CCCNCC2)cc1. The molecular weight excluding hydrogens is 431 g/mol. The van der Waals surface area contributed by atoms with Gasteiger partial charge < -0.3 is 10.1 Å². The molecule has 2 aliphatic rings. The lowest BCUT2D eigenvalue weighted by atomic mass is 10.1. The lowest BCUT2D eigenvalue weighted by Gasteiger charge is -2.32. The molecule has 0 radical (unpaired) electrons. The molecule has 1 heterocycles. The second-order valence-electron chi connectivity index (χ2n) is 7.65. The third-order valence-corrected chi connectivity index (χ3v) is 7.31. The Morgan fingerprint density at radius 3 is 2.59 bits per heavy atom. The van der Waals surface area contributed by atoms with Crippen molar-refractivity contribution in [2.75, 3.05) is 32.4 Å². The van der Waals surface area contributed by atoms with E-state index in [1.165, 1.54) is 6.26 Å². The minimum absolute atomic E-state index is 0.149. The summed E-state index contributed by atoms with van der Waals surface area (Å²) in [6.07, 6.45) is 2.86. The van der Waals surface area contributed by atoms with Crippen LogP contribution in [0.4, 0.5) is 0 Å². The van der Waals surface area contributed by atoms with Crippen molar-refractivity contribution in [1.29, 1.82) is 0 Å². The Hall–Kier alpha value is -1.31. The van der Waals surface area contributed by atoms with Crippen LogP contribution in [0.1, 0.15) is 23.7 Å². The number of hydrogen-bond acceptors (Lipinski definition) is 5. The molecular formula is C21H24Cl2N2O3S. The number of benzene rings is 2. The minimum Gasteiger partial charge on any atom is -0.484 e. The van der Waals surface area contributed by atoms with Gasteiger partial charge in [-0.1, -0.05) is 23.2 Å². The molecule has 2 atom stereocenters. The van der Waals surface area contributed by atoms with Gasteiger partial charge in [-0.05, 0) is 67.9 Å². The van der Waals surface area contributed by atoms with Gasteiger partial charge >= 0.3 is 0 Å². The number of nitrogens with zero attached hydrogens (tertiary/aromatic N) is 1. The van der Waals surface area contributed by atoms with Crippen LogP contribution in [0.25, 0.3) is 0 Å². The van der Waals surface area contributed by atoms with E-state index in [9.17, 15) is 8.42 Å². The van der Waals surface area contributed by atoms with Crippen LogP contribution in [0.15, 0.2) is 41.3 Å². The Labute approximate surface area is 181 Å². The normalized spacial score (nSPS) is 22.9. The molecule has 0 spiro atoms. The average Bonchev–Trinajstić information content (AvgIpc) is 2.84. The smallest absolute Gasteiger partial charge is 0.175 e. The highest BCUT2D eigenvalue weighted by Crippen LogP contribution is 2.42. The summed E-state index contributed by atoms with van der Waals surface area (Å²) in [4.78, 5) is 2.73. The van der Waals surface area contributed by atoms with Gasteiger partial charge in [-0.25, -0.2) is 8.42 Å². The summed E-state index contributed by atoms with van der Waals surface area (Å²) in [5, 5.41) is 4.70. The number of ether oxygens (including phenoxy) is 1. The van der Waals surface area contributed by atoms with E-state index >= 15 is 0 Å². The first-order valence-corrected chi connectivity index (χ1v) is 12.4. The van der Waals surface area contributed by atoms with Gasteiger partial charge in [0.05, 0.1) is 10.9 Å². The molecule has 8 heteroatoms. The van der Waals surface area contributed by atoms with Crippen LogP contribution < -0.4 is 10.1 Å². The van der Waals surface area contributed by atoms with E-state index in [4.69, 9.17) is 27.9 Å². The predicted molar refractivity (Wildman–Crippen MR) is 116 cm³/mol. The van der Waals surface area contributed by atoms with Crippen molar-refractivity contribution < 1.29 is 13.2 Å². The van der Waals surface area contributed by atoms with E-state index in [1.807, 2.05) is 6.07 Å². The first-order chi connectivity index (χ1) is 13.8. The lowest BCUT2D eigenvalue weighted by molar-refractivity contribution is 0.0821. The summed E-state index contributed by atoms with van der Waals surface area (Å²) in [7, 11) is -3.24. The summed E-state index contributed by atoms with van der Waals surface area (Å²) in [6.45, 7) is 3.89. The van der Waals surface area contributed by atoms with Crippen LogP contribution in [0, 0.1) is 0 Å². The molecule has 2 aromatic carbocycles. The zero-order chi connectivity index (χ0) is 20.6. The fourth-order valence-electron chi connectivity index (χ4n) is 4.19. The maximum atomic E-state index is 11.7. The van der Waals surface area contributed by atoms with E-state index in [0.717, 1.165) is 50.1 Å². The molecule has 1 fully saturated rings.